The average molecular weight is 613 g/mol. The van der Waals surface area contributed by atoms with Crippen molar-refractivity contribution in [2.75, 3.05) is 19.8 Å². The largest absolute Gasteiger partial charge is 0.494 e. The van der Waals surface area contributed by atoms with Crippen LogP contribution < -0.4 is 9.47 Å². The standard InChI is InChI=1S/C38H41ClO5/c1-2-41-31-17-15-27(16-18-31)20-30-21-35(38-34(37(30)39)14-9-19-42-38)36-23-32(43-25-29-12-7-4-8-13-29)22-33(44-36)26-40-24-28-10-5-3-6-11-28/h3-8,10-13,15-18,21,32-33,36H,2,9,14,19-20,22-26H2,1H3. The third-order valence-corrected chi connectivity index (χ3v) is 8.78. The molecular weight excluding hydrogens is 572 g/mol. The third kappa shape index (κ3) is 7.83. The molecule has 2 aliphatic heterocycles. The van der Waals surface area contributed by atoms with Crippen LogP contribution in [0.25, 0.3) is 0 Å². The van der Waals surface area contributed by atoms with E-state index in [4.69, 9.17) is 35.3 Å². The van der Waals surface area contributed by atoms with E-state index in [0.29, 0.717) is 33.0 Å². The van der Waals surface area contributed by atoms with Gasteiger partial charge in [-0.15, -0.1) is 0 Å². The van der Waals surface area contributed by atoms with Crippen molar-refractivity contribution in [2.24, 2.45) is 0 Å². The van der Waals surface area contributed by atoms with Gasteiger partial charge in [-0.05, 0) is 66.6 Å². The molecule has 230 valence electrons. The van der Waals surface area contributed by atoms with Gasteiger partial charge in [0.1, 0.15) is 11.5 Å². The fraction of sp³-hybridized carbons (Fsp3) is 0.368. The van der Waals surface area contributed by atoms with Crippen LogP contribution in [0.2, 0.25) is 5.02 Å². The second-order valence-corrected chi connectivity index (χ2v) is 12.0. The lowest BCUT2D eigenvalue weighted by Crippen LogP contribution is -2.36. The first-order chi connectivity index (χ1) is 21.7. The normalized spacial score (nSPS) is 19.6. The Labute approximate surface area is 266 Å². The number of hydrogen-bond acceptors (Lipinski definition) is 5. The second kappa shape index (κ2) is 15.1. The summed E-state index contributed by atoms with van der Waals surface area (Å²) < 4.78 is 31.5. The van der Waals surface area contributed by atoms with E-state index >= 15 is 0 Å². The van der Waals surface area contributed by atoms with Crippen molar-refractivity contribution >= 4 is 11.6 Å². The van der Waals surface area contributed by atoms with Crippen LogP contribution in [-0.2, 0) is 40.3 Å². The summed E-state index contributed by atoms with van der Waals surface area (Å²) in [6, 6.07) is 31.1. The first kappa shape index (κ1) is 30.7. The van der Waals surface area contributed by atoms with E-state index in [1.807, 2.05) is 43.3 Å². The van der Waals surface area contributed by atoms with Crippen LogP contribution in [0.5, 0.6) is 11.5 Å². The molecule has 1 saturated heterocycles. The van der Waals surface area contributed by atoms with Crippen molar-refractivity contribution in [3.63, 3.8) is 0 Å². The highest BCUT2D eigenvalue weighted by Gasteiger charge is 2.35. The second-order valence-electron chi connectivity index (χ2n) is 11.6. The highest BCUT2D eigenvalue weighted by molar-refractivity contribution is 6.32. The van der Waals surface area contributed by atoms with Gasteiger partial charge >= 0.3 is 0 Å². The third-order valence-electron chi connectivity index (χ3n) is 8.31. The zero-order chi connectivity index (χ0) is 30.1. The molecule has 0 aromatic heterocycles. The minimum atomic E-state index is -0.196. The number of rotatable bonds is 12. The Morgan fingerprint density at radius 2 is 1.57 bits per heavy atom. The Morgan fingerprint density at radius 3 is 2.30 bits per heavy atom. The molecule has 0 bridgehead atoms. The molecule has 6 rings (SSSR count). The van der Waals surface area contributed by atoms with E-state index in [1.54, 1.807) is 0 Å². The highest BCUT2D eigenvalue weighted by atomic mass is 35.5. The molecule has 5 nitrogen and oxygen atoms in total. The monoisotopic (exact) mass is 612 g/mol. The highest BCUT2D eigenvalue weighted by Crippen LogP contribution is 2.45. The molecule has 0 amide bonds. The summed E-state index contributed by atoms with van der Waals surface area (Å²) in [5.74, 6) is 1.76. The lowest BCUT2D eigenvalue weighted by Gasteiger charge is -2.37. The molecule has 4 aromatic rings. The van der Waals surface area contributed by atoms with E-state index in [1.165, 1.54) is 5.56 Å². The van der Waals surface area contributed by atoms with Crippen LogP contribution in [0.1, 0.15) is 65.7 Å². The Hall–Kier alpha value is -3.35. The first-order valence-corrected chi connectivity index (χ1v) is 16.2. The summed E-state index contributed by atoms with van der Waals surface area (Å²) >= 11 is 7.08. The topological polar surface area (TPSA) is 46.2 Å². The van der Waals surface area contributed by atoms with E-state index in [9.17, 15) is 0 Å². The number of benzene rings is 4. The Bertz CT molecular complexity index is 1480. The fourth-order valence-electron chi connectivity index (χ4n) is 6.15. The molecule has 44 heavy (non-hydrogen) atoms. The molecule has 0 aliphatic carbocycles. The van der Waals surface area contributed by atoms with Gasteiger partial charge in [0.2, 0.25) is 0 Å². The Morgan fingerprint density at radius 1 is 0.841 bits per heavy atom. The van der Waals surface area contributed by atoms with Crippen LogP contribution in [0.4, 0.5) is 0 Å². The number of fused-ring (bicyclic) bond motifs is 1. The summed E-state index contributed by atoms with van der Waals surface area (Å²) in [7, 11) is 0. The van der Waals surface area contributed by atoms with Gasteiger partial charge in [-0.3, -0.25) is 0 Å². The van der Waals surface area contributed by atoms with E-state index in [0.717, 1.165) is 76.4 Å². The molecule has 6 heteroatoms. The van der Waals surface area contributed by atoms with Gasteiger partial charge in [-0.1, -0.05) is 84.4 Å². The van der Waals surface area contributed by atoms with Crippen molar-refractivity contribution in [1.29, 1.82) is 0 Å². The molecule has 2 aliphatic rings. The predicted molar refractivity (Wildman–Crippen MR) is 174 cm³/mol. The molecule has 0 saturated carbocycles. The van der Waals surface area contributed by atoms with Crippen molar-refractivity contribution in [1.82, 2.24) is 0 Å². The van der Waals surface area contributed by atoms with Crippen molar-refractivity contribution in [3.05, 3.63) is 129 Å². The maximum atomic E-state index is 7.08. The van der Waals surface area contributed by atoms with Crippen LogP contribution in [0, 0.1) is 0 Å². The van der Waals surface area contributed by atoms with Gasteiger partial charge < -0.3 is 23.7 Å². The lowest BCUT2D eigenvalue weighted by molar-refractivity contribution is -0.142. The van der Waals surface area contributed by atoms with Crippen LogP contribution in [0.15, 0.2) is 91.0 Å². The van der Waals surface area contributed by atoms with E-state index < -0.39 is 0 Å². The first-order valence-electron chi connectivity index (χ1n) is 15.8. The lowest BCUT2D eigenvalue weighted by atomic mass is 9.89. The predicted octanol–water partition coefficient (Wildman–Crippen LogP) is 8.68. The summed E-state index contributed by atoms with van der Waals surface area (Å²) in [6.07, 6.45) is 3.78. The summed E-state index contributed by atoms with van der Waals surface area (Å²) in [6.45, 7) is 4.93. The average Bonchev–Trinajstić information content (AvgIpc) is 3.07. The minimum absolute atomic E-state index is 0.0174. The SMILES string of the molecule is CCOc1ccc(Cc2cc(C3CC(OCc4ccccc4)CC(COCc4ccccc4)O3)c3c(c2Cl)CCCO3)cc1. The molecule has 0 N–H and O–H groups in total. The number of ether oxygens (including phenoxy) is 5. The smallest absolute Gasteiger partial charge is 0.129 e. The van der Waals surface area contributed by atoms with E-state index in [2.05, 4.69) is 54.6 Å². The van der Waals surface area contributed by atoms with Gasteiger partial charge in [0.25, 0.3) is 0 Å². The van der Waals surface area contributed by atoms with Crippen molar-refractivity contribution < 1.29 is 23.7 Å². The Balaban J connectivity index is 1.25. The number of halogens is 1. The van der Waals surface area contributed by atoms with Crippen molar-refractivity contribution in [2.45, 2.75) is 70.6 Å². The molecule has 2 heterocycles. The molecule has 4 aromatic carbocycles. The van der Waals surface area contributed by atoms with Crippen molar-refractivity contribution in [3.8, 4) is 11.5 Å². The zero-order valence-corrected chi connectivity index (χ0v) is 26.1. The molecule has 0 spiro atoms. The van der Waals surface area contributed by atoms with Gasteiger partial charge in [0.15, 0.2) is 0 Å². The van der Waals surface area contributed by atoms with Gasteiger partial charge in [-0.25, -0.2) is 0 Å². The molecule has 1 fully saturated rings. The maximum Gasteiger partial charge on any atom is 0.129 e. The van der Waals surface area contributed by atoms with Crippen LogP contribution in [-0.4, -0.2) is 32.0 Å². The number of hydrogen-bond donors (Lipinski definition) is 0. The summed E-state index contributed by atoms with van der Waals surface area (Å²) in [5, 5.41) is 0.799. The van der Waals surface area contributed by atoms with E-state index in [-0.39, 0.29) is 18.3 Å². The molecule has 0 radical (unpaired) electrons. The fourth-order valence-corrected chi connectivity index (χ4v) is 6.45. The van der Waals surface area contributed by atoms with Gasteiger partial charge in [-0.2, -0.15) is 0 Å². The maximum absolute atomic E-state index is 7.08. The quantitative estimate of drug-likeness (QED) is 0.160. The molecule has 3 atom stereocenters. The van der Waals surface area contributed by atoms with Crippen LogP contribution in [0.3, 0.4) is 0 Å². The van der Waals surface area contributed by atoms with Gasteiger partial charge in [0, 0.05) is 24.0 Å². The zero-order valence-electron chi connectivity index (χ0n) is 25.4. The summed E-state index contributed by atoms with van der Waals surface area (Å²) in [4.78, 5) is 0. The van der Waals surface area contributed by atoms with Gasteiger partial charge in [0.05, 0.1) is 56.4 Å². The minimum Gasteiger partial charge on any atom is -0.494 e. The Kier molecular flexibility index (Phi) is 10.5. The molecular formula is C38H41ClO5. The summed E-state index contributed by atoms with van der Waals surface area (Å²) in [5.41, 5.74) is 6.73. The molecule has 3 unspecified atom stereocenters. The van der Waals surface area contributed by atoms with Crippen LogP contribution >= 0.6 is 11.6 Å².